The van der Waals surface area contributed by atoms with Crippen LogP contribution in [0.2, 0.25) is 0 Å². The first-order chi connectivity index (χ1) is 7.58. The highest BCUT2D eigenvalue weighted by Crippen LogP contribution is 2.16. The molecule has 16 heavy (non-hydrogen) atoms. The molecule has 0 fully saturated rings. The Kier molecular flexibility index (Phi) is 3.28. The first kappa shape index (κ1) is 11.6. The molecule has 1 aromatic carbocycles. The molecule has 0 aliphatic rings. The number of hydrogen-bond acceptors (Lipinski definition) is 1. The number of nitrogens with zero attached hydrogens (tertiary/aromatic N) is 2. The third kappa shape index (κ3) is 2.26. The molecule has 0 spiro atoms. The van der Waals surface area contributed by atoms with Crippen LogP contribution >= 0.6 is 22.6 Å². The Bertz CT molecular complexity index is 502. The zero-order valence-electron chi connectivity index (χ0n) is 9.17. The fourth-order valence-electron chi connectivity index (χ4n) is 1.59. The second-order valence-electron chi connectivity index (χ2n) is 3.77. The van der Waals surface area contributed by atoms with Gasteiger partial charge in [-0.15, -0.1) is 0 Å². The molecule has 0 aliphatic carbocycles. The summed E-state index contributed by atoms with van der Waals surface area (Å²) in [5.41, 5.74) is 3.26. The van der Waals surface area contributed by atoms with Gasteiger partial charge in [0.15, 0.2) is 0 Å². The summed E-state index contributed by atoms with van der Waals surface area (Å²) in [7, 11) is 0. The van der Waals surface area contributed by atoms with E-state index in [1.54, 1.807) is 12.1 Å². The Hall–Kier alpha value is -0.910. The average molecular weight is 330 g/mol. The predicted octanol–water partition coefficient (Wildman–Crippen LogP) is 3.29. The molecule has 0 radical (unpaired) electrons. The molecule has 2 rings (SSSR count). The van der Waals surface area contributed by atoms with Crippen molar-refractivity contribution in [1.82, 2.24) is 9.78 Å². The van der Waals surface area contributed by atoms with Crippen LogP contribution in [0.1, 0.15) is 17.0 Å². The number of halogens is 2. The SMILES string of the molecule is Cc1nn(Cc2ccc(F)cc2)c(C)c1I. The maximum atomic E-state index is 12.7. The van der Waals surface area contributed by atoms with E-state index < -0.39 is 0 Å². The Morgan fingerprint density at radius 3 is 2.38 bits per heavy atom. The molecule has 0 saturated carbocycles. The van der Waals surface area contributed by atoms with Crippen LogP contribution in [-0.4, -0.2) is 9.78 Å². The molecular weight excluding hydrogens is 318 g/mol. The van der Waals surface area contributed by atoms with Crippen molar-refractivity contribution < 1.29 is 4.39 Å². The van der Waals surface area contributed by atoms with E-state index >= 15 is 0 Å². The Morgan fingerprint density at radius 1 is 1.25 bits per heavy atom. The van der Waals surface area contributed by atoms with E-state index in [4.69, 9.17) is 0 Å². The van der Waals surface area contributed by atoms with Gasteiger partial charge in [0.1, 0.15) is 5.82 Å². The van der Waals surface area contributed by atoms with E-state index in [0.29, 0.717) is 6.54 Å². The molecule has 0 unspecified atom stereocenters. The van der Waals surface area contributed by atoms with Crippen molar-refractivity contribution in [2.24, 2.45) is 0 Å². The smallest absolute Gasteiger partial charge is 0.123 e. The van der Waals surface area contributed by atoms with Gasteiger partial charge in [0.05, 0.1) is 15.8 Å². The molecule has 2 aromatic rings. The molecule has 0 bridgehead atoms. The van der Waals surface area contributed by atoms with Crippen molar-refractivity contribution in [2.45, 2.75) is 20.4 Å². The first-order valence-electron chi connectivity index (χ1n) is 5.02. The highest BCUT2D eigenvalue weighted by molar-refractivity contribution is 14.1. The Labute approximate surface area is 108 Å². The third-order valence-corrected chi connectivity index (χ3v) is 4.10. The van der Waals surface area contributed by atoms with E-state index in [2.05, 4.69) is 27.7 Å². The monoisotopic (exact) mass is 330 g/mol. The molecule has 0 atom stereocenters. The van der Waals surface area contributed by atoms with Gasteiger partial charge in [-0.05, 0) is 54.1 Å². The van der Waals surface area contributed by atoms with Gasteiger partial charge in [-0.25, -0.2) is 4.39 Å². The lowest BCUT2D eigenvalue weighted by Crippen LogP contribution is -2.04. The molecule has 1 aromatic heterocycles. The first-order valence-corrected chi connectivity index (χ1v) is 6.10. The number of benzene rings is 1. The summed E-state index contributed by atoms with van der Waals surface area (Å²) in [6, 6.07) is 6.54. The van der Waals surface area contributed by atoms with Crippen LogP contribution in [0.15, 0.2) is 24.3 Å². The number of aryl methyl sites for hydroxylation is 1. The van der Waals surface area contributed by atoms with Gasteiger partial charge in [-0.3, -0.25) is 4.68 Å². The minimum Gasteiger partial charge on any atom is -0.264 e. The molecule has 0 amide bonds. The fourth-order valence-corrected chi connectivity index (χ4v) is 1.98. The normalized spacial score (nSPS) is 10.8. The Morgan fingerprint density at radius 2 is 1.88 bits per heavy atom. The summed E-state index contributed by atoms with van der Waals surface area (Å²) in [5, 5.41) is 4.44. The van der Waals surface area contributed by atoms with E-state index in [1.807, 2.05) is 18.5 Å². The predicted molar refractivity (Wildman–Crippen MR) is 69.9 cm³/mol. The van der Waals surface area contributed by atoms with Gasteiger partial charge in [-0.1, -0.05) is 12.1 Å². The summed E-state index contributed by atoms with van der Waals surface area (Å²) in [4.78, 5) is 0. The summed E-state index contributed by atoms with van der Waals surface area (Å²) in [6.45, 7) is 4.73. The van der Waals surface area contributed by atoms with Crippen LogP contribution in [0.5, 0.6) is 0 Å². The van der Waals surface area contributed by atoms with Crippen molar-refractivity contribution in [2.75, 3.05) is 0 Å². The molecular formula is C12H12FIN2. The molecule has 0 saturated heterocycles. The molecule has 1 heterocycles. The van der Waals surface area contributed by atoms with Crippen LogP contribution in [0, 0.1) is 23.2 Å². The highest BCUT2D eigenvalue weighted by atomic mass is 127. The maximum Gasteiger partial charge on any atom is 0.123 e. The summed E-state index contributed by atoms with van der Waals surface area (Å²) < 4.78 is 15.9. The van der Waals surface area contributed by atoms with Crippen LogP contribution < -0.4 is 0 Å². The van der Waals surface area contributed by atoms with Crippen molar-refractivity contribution >= 4 is 22.6 Å². The minimum atomic E-state index is -0.202. The quantitative estimate of drug-likeness (QED) is 0.773. The van der Waals surface area contributed by atoms with Crippen molar-refractivity contribution in [3.8, 4) is 0 Å². The third-order valence-electron chi connectivity index (χ3n) is 2.54. The molecule has 0 aliphatic heterocycles. The number of rotatable bonds is 2. The molecule has 0 N–H and O–H groups in total. The standard InChI is InChI=1S/C12H12FIN2/c1-8-12(14)9(2)16(15-8)7-10-3-5-11(13)6-4-10/h3-6H,7H2,1-2H3. The zero-order valence-corrected chi connectivity index (χ0v) is 11.3. The summed E-state index contributed by atoms with van der Waals surface area (Å²) in [5.74, 6) is -0.202. The van der Waals surface area contributed by atoms with Crippen LogP contribution in [0.25, 0.3) is 0 Å². The zero-order chi connectivity index (χ0) is 11.7. The minimum absolute atomic E-state index is 0.202. The van der Waals surface area contributed by atoms with Crippen molar-refractivity contribution in [3.63, 3.8) is 0 Å². The van der Waals surface area contributed by atoms with Gasteiger partial charge in [0.25, 0.3) is 0 Å². The van der Waals surface area contributed by atoms with Gasteiger partial charge >= 0.3 is 0 Å². The second kappa shape index (κ2) is 4.53. The lowest BCUT2D eigenvalue weighted by atomic mass is 10.2. The highest BCUT2D eigenvalue weighted by Gasteiger charge is 2.08. The van der Waals surface area contributed by atoms with E-state index in [-0.39, 0.29) is 5.82 Å². The maximum absolute atomic E-state index is 12.7. The van der Waals surface area contributed by atoms with Crippen molar-refractivity contribution in [1.29, 1.82) is 0 Å². The Balaban J connectivity index is 2.27. The van der Waals surface area contributed by atoms with Gasteiger partial charge < -0.3 is 0 Å². The van der Waals surface area contributed by atoms with E-state index in [0.717, 1.165) is 17.0 Å². The lowest BCUT2D eigenvalue weighted by molar-refractivity contribution is 0.622. The fraction of sp³-hybridized carbons (Fsp3) is 0.250. The average Bonchev–Trinajstić information content (AvgIpc) is 2.50. The lowest BCUT2D eigenvalue weighted by Gasteiger charge is -2.04. The van der Waals surface area contributed by atoms with Crippen LogP contribution in [-0.2, 0) is 6.54 Å². The summed E-state index contributed by atoms with van der Waals surface area (Å²) >= 11 is 2.29. The second-order valence-corrected chi connectivity index (χ2v) is 4.85. The molecule has 4 heteroatoms. The van der Waals surface area contributed by atoms with Crippen molar-refractivity contribution in [3.05, 3.63) is 50.6 Å². The molecule has 2 nitrogen and oxygen atoms in total. The van der Waals surface area contributed by atoms with Gasteiger partial charge in [0, 0.05) is 5.69 Å². The van der Waals surface area contributed by atoms with E-state index in [9.17, 15) is 4.39 Å². The van der Waals surface area contributed by atoms with Gasteiger partial charge in [0.2, 0.25) is 0 Å². The summed E-state index contributed by atoms with van der Waals surface area (Å²) in [6.07, 6.45) is 0. The topological polar surface area (TPSA) is 17.8 Å². The van der Waals surface area contributed by atoms with E-state index in [1.165, 1.54) is 15.7 Å². The number of aromatic nitrogens is 2. The largest absolute Gasteiger partial charge is 0.264 e. The van der Waals surface area contributed by atoms with Crippen LogP contribution in [0.4, 0.5) is 4.39 Å². The number of hydrogen-bond donors (Lipinski definition) is 0. The van der Waals surface area contributed by atoms with Crippen LogP contribution in [0.3, 0.4) is 0 Å². The molecule has 84 valence electrons. The van der Waals surface area contributed by atoms with Gasteiger partial charge in [-0.2, -0.15) is 5.10 Å².